The van der Waals surface area contributed by atoms with Gasteiger partial charge in [-0.1, -0.05) is 67.1 Å². The third kappa shape index (κ3) is 7.74. The maximum Gasteiger partial charge on any atom is 0.309 e. The van der Waals surface area contributed by atoms with Gasteiger partial charge < -0.3 is 9.47 Å². The topological polar surface area (TPSA) is 81.7 Å². The molecule has 2 aromatic rings. The van der Waals surface area contributed by atoms with Gasteiger partial charge in [0, 0.05) is 0 Å². The number of hydrogen-bond donors (Lipinski definition) is 1. The summed E-state index contributed by atoms with van der Waals surface area (Å²) in [6.07, 6.45) is 3.61. The van der Waals surface area contributed by atoms with E-state index in [9.17, 15) is 13.2 Å². The quantitative estimate of drug-likeness (QED) is 0.434. The Hall–Kier alpha value is -2.48. The number of methoxy groups -OCH3 is 1. The van der Waals surface area contributed by atoms with Crippen molar-refractivity contribution in [2.75, 3.05) is 13.7 Å². The van der Waals surface area contributed by atoms with E-state index >= 15 is 0 Å². The highest BCUT2D eigenvalue weighted by molar-refractivity contribution is 7.89. The van der Waals surface area contributed by atoms with Crippen LogP contribution in [0.3, 0.4) is 0 Å². The standard InChI is InChI=1S/C23H29NO5S/c1-18-12-14-21(15-13-18)30(26,27)24-22(19(2)8-7-11-23(25)28-3)17-29-16-20-9-5-4-6-10-20/h4-10,12-15,19,22,24H,11,16-17H2,1-3H3/b8-7+/t19-,22-/m1/s1. The summed E-state index contributed by atoms with van der Waals surface area (Å²) in [4.78, 5) is 11.5. The van der Waals surface area contributed by atoms with Crippen LogP contribution < -0.4 is 4.72 Å². The van der Waals surface area contributed by atoms with E-state index in [1.165, 1.54) is 7.11 Å². The number of ether oxygens (including phenoxy) is 2. The molecule has 0 bridgehead atoms. The summed E-state index contributed by atoms with van der Waals surface area (Å²) in [6, 6.07) is 15.8. The van der Waals surface area contributed by atoms with Crippen LogP contribution in [0, 0.1) is 12.8 Å². The zero-order chi connectivity index (χ0) is 22.0. The Morgan fingerprint density at radius 3 is 2.40 bits per heavy atom. The smallest absolute Gasteiger partial charge is 0.309 e. The van der Waals surface area contributed by atoms with E-state index in [2.05, 4.69) is 9.46 Å². The molecular formula is C23H29NO5S. The number of carbonyl (C=O) groups is 1. The molecule has 0 aliphatic carbocycles. The summed E-state index contributed by atoms with van der Waals surface area (Å²) in [5.74, 6) is -0.554. The van der Waals surface area contributed by atoms with Crippen LogP contribution in [0.1, 0.15) is 24.5 Å². The third-order valence-electron chi connectivity index (χ3n) is 4.63. The Labute approximate surface area is 179 Å². The van der Waals surface area contributed by atoms with Gasteiger partial charge in [-0.2, -0.15) is 0 Å². The van der Waals surface area contributed by atoms with Gasteiger partial charge in [-0.3, -0.25) is 4.79 Å². The first-order valence-electron chi connectivity index (χ1n) is 9.76. The number of carbonyl (C=O) groups excluding carboxylic acids is 1. The summed E-state index contributed by atoms with van der Waals surface area (Å²) in [7, 11) is -2.39. The molecule has 1 N–H and O–H groups in total. The largest absolute Gasteiger partial charge is 0.469 e. The number of nitrogens with one attached hydrogen (secondary N) is 1. The number of benzene rings is 2. The minimum absolute atomic E-state index is 0.128. The average molecular weight is 432 g/mol. The van der Waals surface area contributed by atoms with Gasteiger partial charge in [0.1, 0.15) is 0 Å². The normalized spacial score (nSPS) is 13.8. The Balaban J connectivity index is 2.10. The van der Waals surface area contributed by atoms with E-state index in [4.69, 9.17) is 4.74 Å². The predicted octanol–water partition coefficient (Wildman–Crippen LogP) is 3.61. The fraction of sp³-hybridized carbons (Fsp3) is 0.348. The van der Waals surface area contributed by atoms with E-state index < -0.39 is 16.1 Å². The molecule has 0 fully saturated rings. The number of hydrogen-bond acceptors (Lipinski definition) is 5. The molecule has 0 saturated heterocycles. The van der Waals surface area contributed by atoms with Gasteiger partial charge in [-0.25, -0.2) is 13.1 Å². The minimum Gasteiger partial charge on any atom is -0.469 e. The summed E-state index contributed by atoms with van der Waals surface area (Å²) in [5, 5.41) is 0. The second-order valence-corrected chi connectivity index (χ2v) is 8.82. The second-order valence-electron chi connectivity index (χ2n) is 7.11. The molecule has 162 valence electrons. The average Bonchev–Trinajstić information content (AvgIpc) is 2.73. The summed E-state index contributed by atoms with van der Waals surface area (Å²) < 4.78 is 38.9. The third-order valence-corrected chi connectivity index (χ3v) is 6.14. The molecule has 6 nitrogen and oxygen atoms in total. The monoisotopic (exact) mass is 431 g/mol. The number of aryl methyl sites for hydroxylation is 1. The fourth-order valence-electron chi connectivity index (χ4n) is 2.75. The van der Waals surface area contributed by atoms with E-state index in [-0.39, 0.29) is 29.8 Å². The SMILES string of the molecule is COC(=O)C/C=C/[C@@H](C)[C@@H](COCc1ccccc1)NS(=O)(=O)c1ccc(C)cc1. The molecule has 2 rings (SSSR count). The molecule has 0 unspecified atom stereocenters. The van der Waals surface area contributed by atoms with Crippen LogP contribution in [0.15, 0.2) is 71.6 Å². The van der Waals surface area contributed by atoms with Crippen LogP contribution in [-0.2, 0) is 30.9 Å². The first kappa shape index (κ1) is 23.8. The van der Waals surface area contributed by atoms with Crippen molar-refractivity contribution in [1.29, 1.82) is 0 Å². The minimum atomic E-state index is -3.72. The molecule has 0 radical (unpaired) electrons. The molecule has 0 spiro atoms. The molecule has 0 aliphatic rings. The maximum absolute atomic E-state index is 12.9. The molecule has 0 saturated carbocycles. The van der Waals surface area contributed by atoms with Gasteiger partial charge in [0.05, 0.1) is 37.7 Å². The van der Waals surface area contributed by atoms with E-state index in [1.807, 2.05) is 44.2 Å². The maximum atomic E-state index is 12.9. The van der Waals surface area contributed by atoms with E-state index in [0.29, 0.717) is 6.61 Å². The highest BCUT2D eigenvalue weighted by Crippen LogP contribution is 2.15. The summed E-state index contributed by atoms with van der Waals surface area (Å²) in [5.41, 5.74) is 1.99. The van der Waals surface area contributed by atoms with Gasteiger partial charge in [0.2, 0.25) is 10.0 Å². The van der Waals surface area contributed by atoms with Gasteiger partial charge in [0.25, 0.3) is 0 Å². The van der Waals surface area contributed by atoms with E-state index in [1.54, 1.807) is 36.4 Å². The fourth-order valence-corrected chi connectivity index (χ4v) is 4.06. The lowest BCUT2D eigenvalue weighted by Gasteiger charge is -2.23. The second kappa shape index (κ2) is 11.6. The zero-order valence-electron chi connectivity index (χ0n) is 17.6. The molecular weight excluding hydrogens is 402 g/mol. The highest BCUT2D eigenvalue weighted by atomic mass is 32.2. The van der Waals surface area contributed by atoms with Crippen molar-refractivity contribution in [2.24, 2.45) is 5.92 Å². The molecule has 0 heterocycles. The van der Waals surface area contributed by atoms with Gasteiger partial charge in [0.15, 0.2) is 0 Å². The Morgan fingerprint density at radius 1 is 1.10 bits per heavy atom. The zero-order valence-corrected chi connectivity index (χ0v) is 18.4. The van der Waals surface area contributed by atoms with Gasteiger partial charge >= 0.3 is 5.97 Å². The van der Waals surface area contributed by atoms with Crippen molar-refractivity contribution in [3.8, 4) is 0 Å². The lowest BCUT2D eigenvalue weighted by atomic mass is 10.0. The van der Waals surface area contributed by atoms with Crippen molar-refractivity contribution >= 4 is 16.0 Å². The Kier molecular flexibility index (Phi) is 9.23. The molecule has 0 amide bonds. The molecule has 30 heavy (non-hydrogen) atoms. The van der Waals surface area contributed by atoms with Crippen LogP contribution in [0.4, 0.5) is 0 Å². The van der Waals surface area contributed by atoms with Gasteiger partial charge in [-0.15, -0.1) is 0 Å². The van der Waals surface area contributed by atoms with Crippen LogP contribution in [-0.4, -0.2) is 34.1 Å². The Bertz CT molecular complexity index is 924. The lowest BCUT2D eigenvalue weighted by molar-refractivity contribution is -0.139. The van der Waals surface area contributed by atoms with Crippen molar-refractivity contribution in [3.05, 3.63) is 77.9 Å². The predicted molar refractivity (Wildman–Crippen MR) is 116 cm³/mol. The first-order valence-corrected chi connectivity index (χ1v) is 11.2. The van der Waals surface area contributed by atoms with E-state index in [0.717, 1.165) is 11.1 Å². The summed E-state index contributed by atoms with van der Waals surface area (Å²) in [6.45, 7) is 4.34. The van der Waals surface area contributed by atoms with Crippen molar-refractivity contribution in [1.82, 2.24) is 4.72 Å². The van der Waals surface area contributed by atoms with Crippen molar-refractivity contribution in [3.63, 3.8) is 0 Å². The first-order chi connectivity index (χ1) is 14.3. The molecule has 0 aromatic heterocycles. The number of esters is 1. The number of sulfonamides is 1. The lowest BCUT2D eigenvalue weighted by Crippen LogP contribution is -2.42. The van der Waals surface area contributed by atoms with Crippen LogP contribution >= 0.6 is 0 Å². The molecule has 7 heteroatoms. The van der Waals surface area contributed by atoms with Crippen molar-refractivity contribution in [2.45, 2.75) is 37.8 Å². The molecule has 2 aromatic carbocycles. The van der Waals surface area contributed by atoms with Crippen LogP contribution in [0.5, 0.6) is 0 Å². The molecule has 0 aliphatic heterocycles. The van der Waals surface area contributed by atoms with Crippen molar-refractivity contribution < 1.29 is 22.7 Å². The number of rotatable bonds is 11. The summed E-state index contributed by atoms with van der Waals surface area (Å²) >= 11 is 0. The molecule has 2 atom stereocenters. The van der Waals surface area contributed by atoms with Crippen LogP contribution in [0.2, 0.25) is 0 Å². The Morgan fingerprint density at radius 2 is 1.77 bits per heavy atom. The van der Waals surface area contributed by atoms with Crippen LogP contribution in [0.25, 0.3) is 0 Å². The highest BCUT2D eigenvalue weighted by Gasteiger charge is 2.24. The van der Waals surface area contributed by atoms with Gasteiger partial charge in [-0.05, 0) is 30.5 Å².